The number of β-lactam (4-membered cyclic amide) rings is 1. The maximum Gasteiger partial charge on any atom is 0.231 e. The topological polar surface area (TPSA) is 86.7 Å². The van der Waals surface area contributed by atoms with Crippen molar-refractivity contribution in [2.24, 2.45) is 5.41 Å². The minimum Gasteiger partial charge on any atom is -0.391 e. The van der Waals surface area contributed by atoms with Crippen molar-refractivity contribution in [1.82, 2.24) is 10.2 Å². The number of aliphatic hydroxyl groups is 1. The van der Waals surface area contributed by atoms with Crippen molar-refractivity contribution >= 4 is 17.6 Å². The first-order valence-electron chi connectivity index (χ1n) is 6.14. The zero-order valence-corrected chi connectivity index (χ0v) is 10.6. The Morgan fingerprint density at radius 2 is 2.17 bits per heavy atom. The summed E-state index contributed by atoms with van der Waals surface area (Å²) in [6.07, 6.45) is -0.0909. The van der Waals surface area contributed by atoms with Crippen molar-refractivity contribution in [1.29, 1.82) is 0 Å². The number of hydrogen-bond donors (Lipinski definition) is 2. The molecule has 2 aliphatic heterocycles. The fraction of sp³-hybridized carbons (Fsp3) is 0.750. The third-order valence-electron chi connectivity index (χ3n) is 3.82. The number of ketones is 1. The first kappa shape index (κ1) is 13.0. The second kappa shape index (κ2) is 4.35. The maximum atomic E-state index is 12.2. The van der Waals surface area contributed by atoms with E-state index in [4.69, 9.17) is 0 Å². The lowest BCUT2D eigenvalue weighted by atomic mass is 9.70. The number of rotatable bonds is 3. The van der Waals surface area contributed by atoms with Gasteiger partial charge in [-0.2, -0.15) is 0 Å². The summed E-state index contributed by atoms with van der Waals surface area (Å²) in [7, 11) is 0. The molecule has 18 heavy (non-hydrogen) atoms. The van der Waals surface area contributed by atoms with E-state index in [2.05, 4.69) is 5.32 Å². The molecule has 0 radical (unpaired) electrons. The molecule has 0 saturated carbocycles. The van der Waals surface area contributed by atoms with Gasteiger partial charge in [-0.05, 0) is 20.3 Å². The molecule has 2 N–H and O–H groups in total. The van der Waals surface area contributed by atoms with Crippen LogP contribution in [0.3, 0.4) is 0 Å². The Morgan fingerprint density at radius 1 is 1.50 bits per heavy atom. The fourth-order valence-corrected chi connectivity index (χ4v) is 2.94. The van der Waals surface area contributed by atoms with Crippen molar-refractivity contribution in [2.45, 2.75) is 38.8 Å². The number of amides is 2. The van der Waals surface area contributed by atoms with Gasteiger partial charge in [0.1, 0.15) is 6.04 Å². The highest BCUT2D eigenvalue weighted by Gasteiger charge is 2.57. The summed E-state index contributed by atoms with van der Waals surface area (Å²) in [5, 5.41) is 12.3. The number of nitrogens with zero attached hydrogens (tertiary/aromatic N) is 1. The molecule has 2 fully saturated rings. The van der Waals surface area contributed by atoms with E-state index in [0.717, 1.165) is 0 Å². The molecule has 6 nitrogen and oxygen atoms in total. The predicted octanol–water partition coefficient (Wildman–Crippen LogP) is -0.937. The molecule has 0 aromatic heterocycles. The molecule has 3 atom stereocenters. The van der Waals surface area contributed by atoms with Crippen LogP contribution in [0.15, 0.2) is 0 Å². The first-order valence-corrected chi connectivity index (χ1v) is 6.14. The zero-order valence-electron chi connectivity index (χ0n) is 10.6. The summed E-state index contributed by atoms with van der Waals surface area (Å²) < 4.78 is 0. The molecule has 2 saturated heterocycles. The average Bonchev–Trinajstić information content (AvgIpc) is 2.27. The van der Waals surface area contributed by atoms with E-state index < -0.39 is 17.6 Å². The molecule has 1 unspecified atom stereocenters. The zero-order chi connectivity index (χ0) is 13.5. The smallest absolute Gasteiger partial charge is 0.231 e. The monoisotopic (exact) mass is 254 g/mol. The van der Waals surface area contributed by atoms with E-state index in [1.54, 1.807) is 0 Å². The van der Waals surface area contributed by atoms with Crippen LogP contribution in [0, 0.1) is 5.41 Å². The van der Waals surface area contributed by atoms with Crippen LogP contribution in [-0.2, 0) is 14.4 Å². The lowest BCUT2D eigenvalue weighted by molar-refractivity contribution is -0.175. The molecule has 0 aromatic carbocycles. The van der Waals surface area contributed by atoms with Crippen LogP contribution in [0.4, 0.5) is 0 Å². The predicted molar refractivity (Wildman–Crippen MR) is 62.5 cm³/mol. The standard InChI is InChI=1S/C12H18N2O4/c1-7(15)10(8(2)16)14-6-12(11(14)18)3-4-13-9(17)5-12/h7,10,15H,3-6H2,1-2H3,(H,13,17)/t7-,10+,12?/m1/s1. The molecule has 100 valence electrons. The lowest BCUT2D eigenvalue weighted by Gasteiger charge is -2.53. The molecule has 0 aliphatic carbocycles. The first-order chi connectivity index (χ1) is 8.37. The molecule has 0 aromatic rings. The summed E-state index contributed by atoms with van der Waals surface area (Å²) in [5.41, 5.74) is -0.634. The minimum absolute atomic E-state index is 0.120. The highest BCUT2D eigenvalue weighted by Crippen LogP contribution is 2.42. The quantitative estimate of drug-likeness (QED) is 0.637. The van der Waals surface area contributed by atoms with Gasteiger partial charge >= 0.3 is 0 Å². The van der Waals surface area contributed by atoms with Crippen LogP contribution in [0.5, 0.6) is 0 Å². The van der Waals surface area contributed by atoms with Crippen LogP contribution >= 0.6 is 0 Å². The number of aliphatic hydroxyl groups excluding tert-OH is 1. The van der Waals surface area contributed by atoms with Crippen LogP contribution in [0.25, 0.3) is 0 Å². The third-order valence-corrected chi connectivity index (χ3v) is 3.82. The van der Waals surface area contributed by atoms with E-state index in [-0.39, 0.29) is 24.0 Å². The van der Waals surface area contributed by atoms with E-state index in [1.165, 1.54) is 18.7 Å². The molecule has 2 amide bonds. The highest BCUT2D eigenvalue weighted by atomic mass is 16.3. The second-order valence-corrected chi connectivity index (χ2v) is 5.29. The minimum atomic E-state index is -0.888. The van der Waals surface area contributed by atoms with Gasteiger partial charge in [-0.15, -0.1) is 0 Å². The van der Waals surface area contributed by atoms with Crippen molar-refractivity contribution in [3.63, 3.8) is 0 Å². The van der Waals surface area contributed by atoms with Crippen LogP contribution in [0.1, 0.15) is 26.7 Å². The van der Waals surface area contributed by atoms with Crippen LogP contribution < -0.4 is 5.32 Å². The summed E-state index contributed by atoms with van der Waals surface area (Å²) >= 11 is 0. The fourth-order valence-electron chi connectivity index (χ4n) is 2.94. The molecule has 2 heterocycles. The van der Waals surface area contributed by atoms with E-state index in [9.17, 15) is 19.5 Å². The average molecular weight is 254 g/mol. The van der Waals surface area contributed by atoms with Gasteiger partial charge in [0.05, 0.1) is 11.5 Å². The molecular weight excluding hydrogens is 236 g/mol. The van der Waals surface area contributed by atoms with Crippen LogP contribution in [0.2, 0.25) is 0 Å². The number of hydrogen-bond acceptors (Lipinski definition) is 4. The maximum absolute atomic E-state index is 12.2. The lowest BCUT2D eigenvalue weighted by Crippen LogP contribution is -2.70. The van der Waals surface area contributed by atoms with Gasteiger partial charge in [-0.25, -0.2) is 0 Å². The SMILES string of the molecule is CC(=O)[C@H]([C@@H](C)O)N1CC2(CCNC(=O)C2)C1=O. The van der Waals surface area contributed by atoms with Gasteiger partial charge < -0.3 is 15.3 Å². The Labute approximate surface area is 105 Å². The number of piperidine rings is 1. The molecule has 2 rings (SSSR count). The van der Waals surface area contributed by atoms with Gasteiger partial charge in [0.25, 0.3) is 0 Å². The Balaban J connectivity index is 2.11. The molecule has 0 bridgehead atoms. The van der Waals surface area contributed by atoms with Gasteiger partial charge in [-0.1, -0.05) is 0 Å². The Kier molecular flexibility index (Phi) is 3.14. The second-order valence-electron chi connectivity index (χ2n) is 5.29. The van der Waals surface area contributed by atoms with Crippen molar-refractivity contribution in [2.75, 3.05) is 13.1 Å². The highest BCUT2D eigenvalue weighted by molar-refractivity contribution is 5.98. The largest absolute Gasteiger partial charge is 0.391 e. The Morgan fingerprint density at radius 3 is 2.61 bits per heavy atom. The van der Waals surface area contributed by atoms with Crippen molar-refractivity contribution in [3.05, 3.63) is 0 Å². The van der Waals surface area contributed by atoms with E-state index >= 15 is 0 Å². The summed E-state index contributed by atoms with van der Waals surface area (Å²) in [5.74, 6) is -0.530. The van der Waals surface area contributed by atoms with Crippen molar-refractivity contribution < 1.29 is 19.5 Å². The number of carbonyl (C=O) groups is 3. The number of nitrogens with one attached hydrogen (secondary N) is 1. The summed E-state index contributed by atoms with van der Waals surface area (Å²) in [6, 6.07) is -0.784. The van der Waals surface area contributed by atoms with E-state index in [0.29, 0.717) is 19.5 Å². The molecule has 2 aliphatic rings. The summed E-state index contributed by atoms with van der Waals surface area (Å²) in [6.45, 7) is 3.74. The van der Waals surface area contributed by atoms with Gasteiger partial charge in [-0.3, -0.25) is 14.4 Å². The van der Waals surface area contributed by atoms with Crippen LogP contribution in [-0.4, -0.2) is 52.8 Å². The molecule has 1 spiro atoms. The third kappa shape index (κ3) is 1.90. The summed E-state index contributed by atoms with van der Waals surface area (Å²) in [4.78, 5) is 36.4. The Hall–Kier alpha value is -1.43. The molecular formula is C12H18N2O4. The molecule has 6 heteroatoms. The number of Topliss-reactive ketones (excluding diaryl/α,β-unsaturated/α-hetero) is 1. The van der Waals surface area contributed by atoms with Gasteiger partial charge in [0.2, 0.25) is 11.8 Å². The Bertz CT molecular complexity index is 407. The van der Waals surface area contributed by atoms with Crippen molar-refractivity contribution in [3.8, 4) is 0 Å². The number of carbonyl (C=O) groups excluding carboxylic acids is 3. The number of likely N-dealkylation sites (tertiary alicyclic amines) is 1. The van der Waals surface area contributed by atoms with E-state index in [1.807, 2.05) is 0 Å². The normalized spacial score (nSPS) is 30.7. The van der Waals surface area contributed by atoms with Gasteiger partial charge in [0.15, 0.2) is 5.78 Å². The van der Waals surface area contributed by atoms with Gasteiger partial charge in [0, 0.05) is 19.5 Å².